The van der Waals surface area contributed by atoms with Gasteiger partial charge in [-0.05, 0) is 59.5 Å². The van der Waals surface area contributed by atoms with E-state index in [9.17, 15) is 4.79 Å². The molecule has 9 nitrogen and oxygen atoms in total. The van der Waals surface area contributed by atoms with Crippen LogP contribution in [0.5, 0.6) is 0 Å². The van der Waals surface area contributed by atoms with E-state index in [1.54, 1.807) is 17.1 Å². The molecule has 0 bridgehead atoms. The minimum Gasteiger partial charge on any atom is -0.379 e. The Morgan fingerprint density at radius 3 is 2.94 bits per heavy atom. The fourth-order valence-corrected chi connectivity index (χ4v) is 5.26. The normalized spacial score (nSPS) is 24.3. The highest BCUT2D eigenvalue weighted by atomic mass is 79.9. The van der Waals surface area contributed by atoms with Crippen LogP contribution in [-0.2, 0) is 9.53 Å². The van der Waals surface area contributed by atoms with Crippen molar-refractivity contribution in [2.45, 2.75) is 38.3 Å². The summed E-state index contributed by atoms with van der Waals surface area (Å²) in [5, 5.41) is 13.0. The zero-order chi connectivity index (χ0) is 23.3. The first-order valence-electron chi connectivity index (χ1n) is 11.4. The highest BCUT2D eigenvalue weighted by Crippen LogP contribution is 2.42. The van der Waals surface area contributed by atoms with Crippen LogP contribution >= 0.6 is 15.9 Å². The lowest BCUT2D eigenvalue weighted by Gasteiger charge is -2.44. The van der Waals surface area contributed by atoms with Gasteiger partial charge in [-0.2, -0.15) is 10.1 Å². The Balaban J connectivity index is 1.21. The van der Waals surface area contributed by atoms with Gasteiger partial charge < -0.3 is 15.4 Å². The first kappa shape index (κ1) is 21.4. The molecule has 10 heteroatoms. The molecule has 3 aromatic heterocycles. The summed E-state index contributed by atoms with van der Waals surface area (Å²) < 4.78 is 7.86. The fraction of sp³-hybridized carbons (Fsp3) is 0.375. The quantitative estimate of drug-likeness (QED) is 0.413. The van der Waals surface area contributed by atoms with Crippen molar-refractivity contribution >= 4 is 49.7 Å². The van der Waals surface area contributed by atoms with E-state index in [0.717, 1.165) is 41.2 Å². The number of carbonyl (C=O) groups excluding carboxylic acids is 1. The van der Waals surface area contributed by atoms with Crippen molar-refractivity contribution in [1.82, 2.24) is 30.0 Å². The van der Waals surface area contributed by atoms with Crippen molar-refractivity contribution in [2.75, 3.05) is 18.5 Å². The third-order valence-electron chi connectivity index (χ3n) is 6.75. The zero-order valence-electron chi connectivity index (χ0n) is 18.7. The summed E-state index contributed by atoms with van der Waals surface area (Å²) in [7, 11) is 0. The third-order valence-corrected chi connectivity index (χ3v) is 7.34. The van der Waals surface area contributed by atoms with Crippen LogP contribution in [0.4, 0.5) is 5.95 Å². The Morgan fingerprint density at radius 2 is 2.12 bits per heavy atom. The number of aromatic nitrogens is 5. The van der Waals surface area contributed by atoms with E-state index in [2.05, 4.69) is 41.6 Å². The second-order valence-electron chi connectivity index (χ2n) is 9.36. The second-order valence-corrected chi connectivity index (χ2v) is 10.1. The van der Waals surface area contributed by atoms with Gasteiger partial charge in [0.1, 0.15) is 4.60 Å². The predicted octanol–water partition coefficient (Wildman–Crippen LogP) is 3.61. The number of nitrogens with zero attached hydrogens (tertiary/aromatic N) is 5. The number of hydrogen-bond donors (Lipinski definition) is 2. The number of fused-ring (bicyclic) bond motifs is 2. The van der Waals surface area contributed by atoms with Crippen LogP contribution in [-0.4, -0.2) is 55.9 Å². The van der Waals surface area contributed by atoms with Gasteiger partial charge in [0.25, 0.3) is 0 Å². The number of anilines is 1. The summed E-state index contributed by atoms with van der Waals surface area (Å²) in [5.41, 5.74) is 2.14. The SMILES string of the molecule is CC1(C(=O)N[C@@H]2CCOC2)CC(Nc2ncc3c(Br)nn(-c4ccc5ncccc5c4)c3n2)C1. The number of benzene rings is 1. The summed E-state index contributed by atoms with van der Waals surface area (Å²) in [6.07, 6.45) is 5.90. The van der Waals surface area contributed by atoms with Crippen LogP contribution in [0.15, 0.2) is 47.3 Å². The molecule has 174 valence electrons. The largest absolute Gasteiger partial charge is 0.379 e. The highest BCUT2D eigenvalue weighted by Gasteiger charge is 2.47. The van der Waals surface area contributed by atoms with Gasteiger partial charge in [-0.3, -0.25) is 9.78 Å². The summed E-state index contributed by atoms with van der Waals surface area (Å²) >= 11 is 3.53. The Morgan fingerprint density at radius 1 is 1.24 bits per heavy atom. The minimum atomic E-state index is -0.381. The molecule has 1 aromatic carbocycles. The molecule has 1 aliphatic carbocycles. The summed E-state index contributed by atoms with van der Waals surface area (Å²) in [4.78, 5) is 26.4. The van der Waals surface area contributed by atoms with Crippen molar-refractivity contribution in [1.29, 1.82) is 0 Å². The maximum atomic E-state index is 12.7. The van der Waals surface area contributed by atoms with Crippen molar-refractivity contribution in [3.63, 3.8) is 0 Å². The molecule has 0 spiro atoms. The molecule has 0 unspecified atom stereocenters. The lowest BCUT2D eigenvalue weighted by Crippen LogP contribution is -2.54. The molecule has 1 saturated heterocycles. The maximum absolute atomic E-state index is 12.7. The molecular weight excluding hydrogens is 498 g/mol. The van der Waals surface area contributed by atoms with Crippen molar-refractivity contribution in [3.05, 3.63) is 47.3 Å². The molecule has 2 aliphatic rings. The smallest absolute Gasteiger partial charge is 0.226 e. The van der Waals surface area contributed by atoms with Crippen LogP contribution in [0.25, 0.3) is 27.6 Å². The second kappa shape index (κ2) is 8.28. The Kier molecular flexibility index (Phi) is 5.22. The average molecular weight is 522 g/mol. The van der Waals surface area contributed by atoms with Gasteiger partial charge >= 0.3 is 0 Å². The van der Waals surface area contributed by atoms with Gasteiger partial charge in [-0.25, -0.2) is 9.67 Å². The number of carbonyl (C=O) groups is 1. The van der Waals surface area contributed by atoms with Gasteiger partial charge in [0, 0.05) is 30.4 Å². The van der Waals surface area contributed by atoms with Crippen LogP contribution < -0.4 is 10.6 Å². The molecule has 1 atom stereocenters. The Bertz CT molecular complexity index is 1390. The summed E-state index contributed by atoms with van der Waals surface area (Å²) in [6.45, 7) is 3.34. The number of hydrogen-bond acceptors (Lipinski definition) is 7. The van der Waals surface area contributed by atoms with Gasteiger partial charge in [-0.1, -0.05) is 13.0 Å². The molecule has 2 fully saturated rings. The molecule has 1 aliphatic heterocycles. The lowest BCUT2D eigenvalue weighted by molar-refractivity contribution is -0.135. The van der Waals surface area contributed by atoms with E-state index in [1.165, 1.54) is 0 Å². The minimum absolute atomic E-state index is 0.102. The fourth-order valence-electron chi connectivity index (χ4n) is 4.82. The first-order valence-corrected chi connectivity index (χ1v) is 12.2. The molecule has 6 rings (SSSR count). The van der Waals surface area contributed by atoms with Crippen LogP contribution in [0.3, 0.4) is 0 Å². The molecule has 2 N–H and O–H groups in total. The molecule has 1 amide bonds. The number of rotatable bonds is 5. The highest BCUT2D eigenvalue weighted by molar-refractivity contribution is 9.10. The van der Waals surface area contributed by atoms with Crippen LogP contribution in [0.2, 0.25) is 0 Å². The van der Waals surface area contributed by atoms with E-state index in [1.807, 2.05) is 37.3 Å². The average Bonchev–Trinajstić information content (AvgIpc) is 3.45. The third kappa shape index (κ3) is 3.80. The molecular formula is C24H24BrN7O2. The van der Waals surface area contributed by atoms with Gasteiger partial charge in [0.15, 0.2) is 5.65 Å². The molecule has 34 heavy (non-hydrogen) atoms. The van der Waals surface area contributed by atoms with Crippen molar-refractivity contribution < 1.29 is 9.53 Å². The van der Waals surface area contributed by atoms with E-state index >= 15 is 0 Å². The van der Waals surface area contributed by atoms with Gasteiger partial charge in [0.2, 0.25) is 11.9 Å². The van der Waals surface area contributed by atoms with E-state index in [-0.39, 0.29) is 23.4 Å². The first-order chi connectivity index (χ1) is 16.5. The van der Waals surface area contributed by atoms with Crippen molar-refractivity contribution in [3.8, 4) is 5.69 Å². The van der Waals surface area contributed by atoms with Crippen molar-refractivity contribution in [2.24, 2.45) is 5.41 Å². The number of amides is 1. The molecule has 1 saturated carbocycles. The molecule has 4 aromatic rings. The van der Waals surface area contributed by atoms with E-state index in [4.69, 9.17) is 9.72 Å². The number of nitrogens with one attached hydrogen (secondary N) is 2. The monoisotopic (exact) mass is 521 g/mol. The van der Waals surface area contributed by atoms with Crippen LogP contribution in [0, 0.1) is 5.41 Å². The molecule has 4 heterocycles. The van der Waals surface area contributed by atoms with Gasteiger partial charge in [-0.15, -0.1) is 0 Å². The van der Waals surface area contributed by atoms with E-state index in [0.29, 0.717) is 29.4 Å². The molecule has 0 radical (unpaired) electrons. The lowest BCUT2D eigenvalue weighted by atomic mass is 9.66. The maximum Gasteiger partial charge on any atom is 0.226 e. The topological polar surface area (TPSA) is 107 Å². The van der Waals surface area contributed by atoms with Gasteiger partial charge in [0.05, 0.1) is 34.7 Å². The zero-order valence-corrected chi connectivity index (χ0v) is 20.2. The standard InChI is InChI=1S/C24H24BrN7O2/c1-24(22(33)28-15-6-8-34-13-15)10-16(11-24)29-23-27-12-18-20(25)31-32(21(18)30-23)17-4-5-19-14(9-17)3-2-7-26-19/h2-5,7,9,12,15-16H,6,8,10-11,13H2,1H3,(H,28,33)(H,27,29,30)/t15-,16?,24?/m1/s1. The van der Waals surface area contributed by atoms with E-state index < -0.39 is 0 Å². The Labute approximate surface area is 204 Å². The number of ether oxygens (including phenoxy) is 1. The van der Waals surface area contributed by atoms with Crippen LogP contribution in [0.1, 0.15) is 26.2 Å². The number of halogens is 1. The summed E-state index contributed by atoms with van der Waals surface area (Å²) in [5.74, 6) is 0.630. The summed E-state index contributed by atoms with van der Waals surface area (Å²) in [6, 6.07) is 10.2. The predicted molar refractivity (Wildman–Crippen MR) is 132 cm³/mol. The number of pyridine rings is 1. The Hall–Kier alpha value is -3.11.